The summed E-state index contributed by atoms with van der Waals surface area (Å²) in [5, 5.41) is 12.4. The highest BCUT2D eigenvalue weighted by Crippen LogP contribution is 2.23. The number of nitrogens with two attached hydrogens (primary N) is 1. The van der Waals surface area contributed by atoms with Crippen LogP contribution in [0.5, 0.6) is 5.75 Å². The molecule has 0 radical (unpaired) electrons. The Morgan fingerprint density at radius 1 is 1.26 bits per heavy atom. The van der Waals surface area contributed by atoms with Crippen molar-refractivity contribution >= 4 is 11.6 Å². The molecule has 2 rings (SSSR count). The van der Waals surface area contributed by atoms with Gasteiger partial charge in [0.1, 0.15) is 0 Å². The maximum absolute atomic E-state index is 11.9. The largest absolute Gasteiger partial charge is 0.505 e. The number of anilines is 1. The van der Waals surface area contributed by atoms with Gasteiger partial charge in [-0.1, -0.05) is 12.1 Å². The van der Waals surface area contributed by atoms with E-state index >= 15 is 0 Å². The van der Waals surface area contributed by atoms with Crippen LogP contribution in [0.1, 0.15) is 16.1 Å². The van der Waals surface area contributed by atoms with Gasteiger partial charge in [0, 0.05) is 24.9 Å². The van der Waals surface area contributed by atoms with Gasteiger partial charge < -0.3 is 16.2 Å². The first kappa shape index (κ1) is 12.9. The van der Waals surface area contributed by atoms with Crippen LogP contribution in [0.2, 0.25) is 0 Å². The number of nitrogens with one attached hydrogen (secondary N) is 1. The lowest BCUT2D eigenvalue weighted by Crippen LogP contribution is -2.26. The number of aromatic hydroxyl groups is 1. The van der Waals surface area contributed by atoms with Crippen LogP contribution in [-0.4, -0.2) is 22.5 Å². The molecule has 0 aliphatic heterocycles. The summed E-state index contributed by atoms with van der Waals surface area (Å²) in [5.74, 6) is -0.529. The molecule has 0 atom stereocenters. The molecule has 1 heterocycles. The van der Waals surface area contributed by atoms with E-state index in [0.717, 1.165) is 5.69 Å². The molecule has 5 nitrogen and oxygen atoms in total. The first-order valence-corrected chi connectivity index (χ1v) is 5.94. The van der Waals surface area contributed by atoms with Crippen LogP contribution in [-0.2, 0) is 6.42 Å². The monoisotopic (exact) mass is 257 g/mol. The lowest BCUT2D eigenvalue weighted by molar-refractivity contribution is 0.0951. The Morgan fingerprint density at radius 3 is 2.84 bits per heavy atom. The molecule has 19 heavy (non-hydrogen) atoms. The number of aromatic nitrogens is 1. The number of phenols is 1. The van der Waals surface area contributed by atoms with Crippen molar-refractivity contribution in [1.29, 1.82) is 0 Å². The topological polar surface area (TPSA) is 88.2 Å². The average Bonchev–Trinajstić information content (AvgIpc) is 2.43. The van der Waals surface area contributed by atoms with Gasteiger partial charge in [0.05, 0.1) is 11.3 Å². The zero-order valence-electron chi connectivity index (χ0n) is 10.3. The van der Waals surface area contributed by atoms with E-state index in [2.05, 4.69) is 10.3 Å². The Kier molecular flexibility index (Phi) is 3.97. The molecule has 2 aromatic rings. The van der Waals surface area contributed by atoms with E-state index in [4.69, 9.17) is 5.73 Å². The van der Waals surface area contributed by atoms with Crippen LogP contribution in [0.15, 0.2) is 42.6 Å². The van der Waals surface area contributed by atoms with Gasteiger partial charge >= 0.3 is 0 Å². The SMILES string of the molecule is Nc1cccc(C(=O)NCCc2ccccn2)c1O. The number of rotatable bonds is 4. The standard InChI is InChI=1S/C14H15N3O2/c15-12-6-3-5-11(13(12)18)14(19)17-9-7-10-4-1-2-8-16-10/h1-6,8,18H,7,9,15H2,(H,17,19). The summed E-state index contributed by atoms with van der Waals surface area (Å²) in [6, 6.07) is 10.3. The number of carbonyl (C=O) groups excluding carboxylic acids is 1. The number of hydrogen-bond donors (Lipinski definition) is 3. The Bertz CT molecular complexity index is 570. The first-order valence-electron chi connectivity index (χ1n) is 5.94. The normalized spacial score (nSPS) is 10.1. The van der Waals surface area contributed by atoms with Crippen molar-refractivity contribution < 1.29 is 9.90 Å². The molecule has 1 aromatic heterocycles. The van der Waals surface area contributed by atoms with E-state index in [0.29, 0.717) is 13.0 Å². The van der Waals surface area contributed by atoms with E-state index in [1.54, 1.807) is 18.3 Å². The molecule has 1 amide bonds. The third kappa shape index (κ3) is 3.22. The van der Waals surface area contributed by atoms with Crippen molar-refractivity contribution in [3.8, 4) is 5.75 Å². The minimum Gasteiger partial charge on any atom is -0.505 e. The average molecular weight is 257 g/mol. The number of carbonyl (C=O) groups is 1. The highest BCUT2D eigenvalue weighted by atomic mass is 16.3. The molecule has 0 fully saturated rings. The van der Waals surface area contributed by atoms with Gasteiger partial charge in [-0.2, -0.15) is 0 Å². The quantitative estimate of drug-likeness (QED) is 0.569. The smallest absolute Gasteiger partial charge is 0.255 e. The van der Waals surface area contributed by atoms with Gasteiger partial charge in [0.15, 0.2) is 5.75 Å². The fourth-order valence-electron chi connectivity index (χ4n) is 1.69. The van der Waals surface area contributed by atoms with Crippen LogP contribution in [0.4, 0.5) is 5.69 Å². The first-order chi connectivity index (χ1) is 9.18. The maximum Gasteiger partial charge on any atom is 0.255 e. The van der Waals surface area contributed by atoms with Gasteiger partial charge in [-0.25, -0.2) is 0 Å². The summed E-state index contributed by atoms with van der Waals surface area (Å²) in [4.78, 5) is 16.0. The van der Waals surface area contributed by atoms with E-state index in [9.17, 15) is 9.90 Å². The molecule has 4 N–H and O–H groups in total. The zero-order valence-corrected chi connectivity index (χ0v) is 10.3. The molecular weight excluding hydrogens is 242 g/mol. The fraction of sp³-hybridized carbons (Fsp3) is 0.143. The van der Waals surface area contributed by atoms with Gasteiger partial charge in [-0.3, -0.25) is 9.78 Å². The molecule has 5 heteroatoms. The molecule has 1 aromatic carbocycles. The van der Waals surface area contributed by atoms with Gasteiger partial charge in [0.2, 0.25) is 0 Å². The highest BCUT2D eigenvalue weighted by Gasteiger charge is 2.12. The summed E-state index contributed by atoms with van der Waals surface area (Å²) >= 11 is 0. The third-order valence-electron chi connectivity index (χ3n) is 2.70. The van der Waals surface area contributed by atoms with E-state index in [1.807, 2.05) is 18.2 Å². The third-order valence-corrected chi connectivity index (χ3v) is 2.70. The second kappa shape index (κ2) is 5.86. The van der Waals surface area contributed by atoms with Crippen LogP contribution < -0.4 is 11.1 Å². The minimum absolute atomic E-state index is 0.182. The number of hydrogen-bond acceptors (Lipinski definition) is 4. The molecule has 0 aliphatic rings. The maximum atomic E-state index is 11.9. The van der Waals surface area contributed by atoms with Crippen molar-refractivity contribution in [2.45, 2.75) is 6.42 Å². The van der Waals surface area contributed by atoms with Gasteiger partial charge in [0.25, 0.3) is 5.91 Å². The molecule has 0 saturated heterocycles. The number of amides is 1. The fourth-order valence-corrected chi connectivity index (χ4v) is 1.69. The Balaban J connectivity index is 1.93. The van der Waals surface area contributed by atoms with Crippen LogP contribution in [0.3, 0.4) is 0 Å². The number of pyridine rings is 1. The summed E-state index contributed by atoms with van der Waals surface area (Å²) in [5.41, 5.74) is 6.81. The highest BCUT2D eigenvalue weighted by molar-refractivity contribution is 5.98. The molecular formula is C14H15N3O2. The molecule has 98 valence electrons. The Labute approximate surface area is 111 Å². The summed E-state index contributed by atoms with van der Waals surface area (Å²) in [7, 11) is 0. The van der Waals surface area contributed by atoms with Crippen LogP contribution in [0.25, 0.3) is 0 Å². The van der Waals surface area contributed by atoms with Crippen LogP contribution in [0, 0.1) is 0 Å². The van der Waals surface area contributed by atoms with Crippen molar-refractivity contribution in [3.63, 3.8) is 0 Å². The van der Waals surface area contributed by atoms with Crippen LogP contribution >= 0.6 is 0 Å². The minimum atomic E-state index is -0.347. The Morgan fingerprint density at radius 2 is 2.11 bits per heavy atom. The van der Waals surface area contributed by atoms with E-state index in [1.165, 1.54) is 6.07 Å². The number of nitrogen functional groups attached to an aromatic ring is 1. The van der Waals surface area contributed by atoms with Gasteiger partial charge in [-0.15, -0.1) is 0 Å². The van der Waals surface area contributed by atoms with E-state index in [-0.39, 0.29) is 22.9 Å². The second-order valence-corrected chi connectivity index (χ2v) is 4.07. The number of phenolic OH excluding ortho intramolecular Hbond substituents is 1. The predicted octanol–water partition coefficient (Wildman–Crippen LogP) is 1.34. The molecule has 0 aliphatic carbocycles. The van der Waals surface area contributed by atoms with Crippen molar-refractivity contribution in [3.05, 3.63) is 53.9 Å². The summed E-state index contributed by atoms with van der Waals surface area (Å²) < 4.78 is 0. The Hall–Kier alpha value is -2.56. The van der Waals surface area contributed by atoms with Crippen molar-refractivity contribution in [1.82, 2.24) is 10.3 Å². The summed E-state index contributed by atoms with van der Waals surface area (Å²) in [6.07, 6.45) is 2.34. The number of benzene rings is 1. The number of para-hydroxylation sites is 1. The van der Waals surface area contributed by atoms with Crippen molar-refractivity contribution in [2.75, 3.05) is 12.3 Å². The lowest BCUT2D eigenvalue weighted by atomic mass is 10.1. The second-order valence-electron chi connectivity index (χ2n) is 4.07. The predicted molar refractivity (Wildman–Crippen MR) is 72.8 cm³/mol. The molecule has 0 saturated carbocycles. The zero-order chi connectivity index (χ0) is 13.7. The summed E-state index contributed by atoms with van der Waals surface area (Å²) in [6.45, 7) is 0.448. The molecule has 0 bridgehead atoms. The van der Waals surface area contributed by atoms with E-state index < -0.39 is 0 Å². The molecule has 0 spiro atoms. The van der Waals surface area contributed by atoms with Gasteiger partial charge in [-0.05, 0) is 24.3 Å². The number of nitrogens with zero attached hydrogens (tertiary/aromatic N) is 1. The van der Waals surface area contributed by atoms with Crippen molar-refractivity contribution in [2.24, 2.45) is 0 Å². The molecule has 0 unspecified atom stereocenters. The lowest BCUT2D eigenvalue weighted by Gasteiger charge is -2.07.